The number of hydrogen-bond acceptors (Lipinski definition) is 3. The second-order valence-electron chi connectivity index (χ2n) is 4.17. The predicted molar refractivity (Wildman–Crippen MR) is 43.8 cm³/mol. The van der Waals surface area contributed by atoms with Crippen molar-refractivity contribution >= 4 is 0 Å². The number of aliphatic hydroxyl groups is 2. The summed E-state index contributed by atoms with van der Waals surface area (Å²) >= 11 is 0. The first-order valence-electron chi connectivity index (χ1n) is 4.63. The normalized spacial score (nSPS) is 31.5. The number of rotatable bonds is 2. The standard InChI is InChI=1S/C9H16O3/c10-5-8(3-1-2-4-8)9(11)6-12-7-9/h10-11H,1-7H2. The van der Waals surface area contributed by atoms with Crippen LogP contribution in [0.3, 0.4) is 0 Å². The molecule has 1 saturated heterocycles. The van der Waals surface area contributed by atoms with Crippen LogP contribution in [-0.2, 0) is 4.74 Å². The average Bonchev–Trinajstić information content (AvgIpc) is 2.49. The van der Waals surface area contributed by atoms with Gasteiger partial charge in [-0.15, -0.1) is 0 Å². The van der Waals surface area contributed by atoms with Gasteiger partial charge in [-0.1, -0.05) is 12.8 Å². The summed E-state index contributed by atoms with van der Waals surface area (Å²) in [4.78, 5) is 0. The summed E-state index contributed by atoms with van der Waals surface area (Å²) in [5, 5.41) is 19.4. The second-order valence-corrected chi connectivity index (χ2v) is 4.17. The van der Waals surface area contributed by atoms with Crippen molar-refractivity contribution in [2.75, 3.05) is 19.8 Å². The van der Waals surface area contributed by atoms with Crippen molar-refractivity contribution in [3.63, 3.8) is 0 Å². The lowest BCUT2D eigenvalue weighted by molar-refractivity contribution is -0.248. The van der Waals surface area contributed by atoms with Crippen LogP contribution in [0.2, 0.25) is 0 Å². The van der Waals surface area contributed by atoms with Crippen LogP contribution in [-0.4, -0.2) is 35.6 Å². The maximum atomic E-state index is 10.1. The summed E-state index contributed by atoms with van der Waals surface area (Å²) in [6, 6.07) is 0. The van der Waals surface area contributed by atoms with Crippen molar-refractivity contribution in [1.82, 2.24) is 0 Å². The van der Waals surface area contributed by atoms with Gasteiger partial charge in [0.1, 0.15) is 5.60 Å². The Bertz CT molecular complexity index is 169. The summed E-state index contributed by atoms with van der Waals surface area (Å²) in [6.45, 7) is 0.925. The molecule has 2 rings (SSSR count). The largest absolute Gasteiger partial charge is 0.396 e. The molecule has 0 aromatic rings. The smallest absolute Gasteiger partial charge is 0.119 e. The van der Waals surface area contributed by atoms with Gasteiger partial charge in [0.2, 0.25) is 0 Å². The molecule has 1 aliphatic heterocycles. The number of ether oxygens (including phenoxy) is 1. The Labute approximate surface area is 72.3 Å². The fraction of sp³-hybridized carbons (Fsp3) is 1.00. The highest BCUT2D eigenvalue weighted by molar-refractivity contribution is 5.04. The highest BCUT2D eigenvalue weighted by atomic mass is 16.5. The predicted octanol–water partition coefficient (Wildman–Crippen LogP) is 0.300. The van der Waals surface area contributed by atoms with Gasteiger partial charge in [0.15, 0.2) is 0 Å². The maximum absolute atomic E-state index is 10.1. The second kappa shape index (κ2) is 2.69. The lowest BCUT2D eigenvalue weighted by Crippen LogP contribution is -2.62. The molecule has 0 aromatic heterocycles. The highest BCUT2D eigenvalue weighted by Crippen LogP contribution is 2.49. The van der Waals surface area contributed by atoms with Gasteiger partial charge in [-0.2, -0.15) is 0 Å². The van der Waals surface area contributed by atoms with Crippen LogP contribution in [0.25, 0.3) is 0 Å². The van der Waals surface area contributed by atoms with E-state index >= 15 is 0 Å². The van der Waals surface area contributed by atoms with Gasteiger partial charge in [0.25, 0.3) is 0 Å². The molecule has 1 saturated carbocycles. The molecule has 0 spiro atoms. The summed E-state index contributed by atoms with van der Waals surface area (Å²) in [6.07, 6.45) is 4.15. The first-order chi connectivity index (χ1) is 5.72. The minimum absolute atomic E-state index is 0.104. The van der Waals surface area contributed by atoms with E-state index in [-0.39, 0.29) is 12.0 Å². The minimum atomic E-state index is -0.724. The van der Waals surface area contributed by atoms with Crippen molar-refractivity contribution in [3.05, 3.63) is 0 Å². The van der Waals surface area contributed by atoms with E-state index in [2.05, 4.69) is 0 Å². The molecule has 70 valence electrons. The Morgan fingerprint density at radius 2 is 1.75 bits per heavy atom. The van der Waals surface area contributed by atoms with Crippen molar-refractivity contribution in [2.24, 2.45) is 5.41 Å². The molecule has 0 radical (unpaired) electrons. The van der Waals surface area contributed by atoms with Crippen molar-refractivity contribution in [3.8, 4) is 0 Å². The van der Waals surface area contributed by atoms with Crippen LogP contribution in [0, 0.1) is 5.41 Å². The molecule has 0 unspecified atom stereocenters. The topological polar surface area (TPSA) is 49.7 Å². The molecule has 2 fully saturated rings. The third-order valence-electron chi connectivity index (χ3n) is 3.53. The van der Waals surface area contributed by atoms with Crippen molar-refractivity contribution in [2.45, 2.75) is 31.3 Å². The van der Waals surface area contributed by atoms with Crippen LogP contribution >= 0.6 is 0 Å². The molecule has 2 aliphatic rings. The molecule has 0 amide bonds. The third kappa shape index (κ3) is 0.934. The highest BCUT2D eigenvalue weighted by Gasteiger charge is 2.55. The van der Waals surface area contributed by atoms with E-state index in [0.29, 0.717) is 13.2 Å². The maximum Gasteiger partial charge on any atom is 0.119 e. The van der Waals surface area contributed by atoms with Crippen LogP contribution < -0.4 is 0 Å². The average molecular weight is 172 g/mol. The number of aliphatic hydroxyl groups excluding tert-OH is 1. The van der Waals surface area contributed by atoms with Crippen LogP contribution in [0.15, 0.2) is 0 Å². The van der Waals surface area contributed by atoms with Crippen LogP contribution in [0.4, 0.5) is 0 Å². The van der Waals surface area contributed by atoms with E-state index in [9.17, 15) is 10.2 Å². The summed E-state index contributed by atoms with van der Waals surface area (Å²) < 4.78 is 5.02. The van der Waals surface area contributed by atoms with Crippen LogP contribution in [0.5, 0.6) is 0 Å². The summed E-state index contributed by atoms with van der Waals surface area (Å²) in [5.74, 6) is 0. The molecule has 3 nitrogen and oxygen atoms in total. The Morgan fingerprint density at radius 1 is 1.17 bits per heavy atom. The first-order valence-corrected chi connectivity index (χ1v) is 4.63. The van der Waals surface area contributed by atoms with Gasteiger partial charge in [-0.05, 0) is 12.8 Å². The van der Waals surface area contributed by atoms with Crippen molar-refractivity contribution in [1.29, 1.82) is 0 Å². The zero-order chi connectivity index (χ0) is 8.66. The van der Waals surface area contributed by atoms with Gasteiger partial charge in [-0.3, -0.25) is 0 Å². The SMILES string of the molecule is OCC1(C2(O)COC2)CCCC1. The Morgan fingerprint density at radius 3 is 2.08 bits per heavy atom. The molecule has 0 bridgehead atoms. The Kier molecular flexibility index (Phi) is 1.90. The molecule has 0 atom stereocenters. The molecule has 12 heavy (non-hydrogen) atoms. The lowest BCUT2D eigenvalue weighted by atomic mass is 9.69. The monoisotopic (exact) mass is 172 g/mol. The zero-order valence-electron chi connectivity index (χ0n) is 7.25. The lowest BCUT2D eigenvalue weighted by Gasteiger charge is -2.49. The van der Waals surface area contributed by atoms with E-state index in [0.717, 1.165) is 25.7 Å². The molecular formula is C9H16O3. The van der Waals surface area contributed by atoms with E-state index in [1.807, 2.05) is 0 Å². The van der Waals surface area contributed by atoms with E-state index in [4.69, 9.17) is 4.74 Å². The third-order valence-corrected chi connectivity index (χ3v) is 3.53. The fourth-order valence-corrected chi connectivity index (χ4v) is 2.42. The van der Waals surface area contributed by atoms with E-state index in [1.54, 1.807) is 0 Å². The summed E-state index contributed by atoms with van der Waals surface area (Å²) in [5.41, 5.74) is -0.969. The van der Waals surface area contributed by atoms with Gasteiger partial charge < -0.3 is 14.9 Å². The fourth-order valence-electron chi connectivity index (χ4n) is 2.42. The van der Waals surface area contributed by atoms with E-state index in [1.165, 1.54) is 0 Å². The van der Waals surface area contributed by atoms with Crippen molar-refractivity contribution < 1.29 is 14.9 Å². The van der Waals surface area contributed by atoms with Gasteiger partial charge in [-0.25, -0.2) is 0 Å². The quantitative estimate of drug-likeness (QED) is 0.630. The van der Waals surface area contributed by atoms with E-state index < -0.39 is 5.60 Å². The first kappa shape index (κ1) is 8.48. The minimum Gasteiger partial charge on any atom is -0.396 e. The summed E-state index contributed by atoms with van der Waals surface area (Å²) in [7, 11) is 0. The number of hydrogen-bond donors (Lipinski definition) is 2. The van der Waals surface area contributed by atoms with Gasteiger partial charge in [0.05, 0.1) is 19.8 Å². The van der Waals surface area contributed by atoms with Crippen LogP contribution in [0.1, 0.15) is 25.7 Å². The Hall–Kier alpha value is -0.120. The molecule has 3 heteroatoms. The molecule has 1 heterocycles. The molecule has 0 aromatic carbocycles. The molecular weight excluding hydrogens is 156 g/mol. The molecule has 1 aliphatic carbocycles. The zero-order valence-corrected chi connectivity index (χ0v) is 7.25. The van der Waals surface area contributed by atoms with Gasteiger partial charge in [0, 0.05) is 5.41 Å². The Balaban J connectivity index is 2.15. The van der Waals surface area contributed by atoms with Gasteiger partial charge >= 0.3 is 0 Å². The molecule has 2 N–H and O–H groups in total.